The number of carbonyl (C=O) groups is 2. The summed E-state index contributed by atoms with van der Waals surface area (Å²) in [5.74, 6) is 1.23. The first kappa shape index (κ1) is 18.0. The lowest BCUT2D eigenvalue weighted by molar-refractivity contribution is -0.139. The molecule has 1 fully saturated rings. The molecule has 4 heteroatoms. The molecule has 4 nitrogen and oxygen atoms in total. The second-order valence-corrected chi connectivity index (χ2v) is 8.06. The molecule has 122 valence electrons. The lowest BCUT2D eigenvalue weighted by atomic mass is 9.84. The summed E-state index contributed by atoms with van der Waals surface area (Å²) in [6, 6.07) is 0.0700. The van der Waals surface area contributed by atoms with Crippen molar-refractivity contribution in [2.75, 3.05) is 13.1 Å². The molecule has 0 saturated carbocycles. The van der Waals surface area contributed by atoms with Crippen molar-refractivity contribution >= 4 is 11.8 Å². The van der Waals surface area contributed by atoms with Crippen LogP contribution in [0.15, 0.2) is 0 Å². The summed E-state index contributed by atoms with van der Waals surface area (Å²) in [7, 11) is 0. The van der Waals surface area contributed by atoms with Crippen LogP contribution in [0.5, 0.6) is 0 Å². The molecule has 0 radical (unpaired) electrons. The van der Waals surface area contributed by atoms with Crippen LogP contribution < -0.4 is 5.32 Å². The summed E-state index contributed by atoms with van der Waals surface area (Å²) in [6.07, 6.45) is 0.960. The van der Waals surface area contributed by atoms with Gasteiger partial charge in [0.15, 0.2) is 0 Å². The van der Waals surface area contributed by atoms with Crippen molar-refractivity contribution in [2.45, 2.75) is 60.9 Å². The van der Waals surface area contributed by atoms with Gasteiger partial charge in [-0.1, -0.05) is 48.5 Å². The van der Waals surface area contributed by atoms with E-state index in [2.05, 4.69) is 19.2 Å². The molecule has 0 spiro atoms. The van der Waals surface area contributed by atoms with Gasteiger partial charge in [0.25, 0.3) is 0 Å². The van der Waals surface area contributed by atoms with Crippen molar-refractivity contribution in [1.29, 1.82) is 0 Å². The Hall–Kier alpha value is -1.06. The summed E-state index contributed by atoms with van der Waals surface area (Å²) in [4.78, 5) is 26.4. The van der Waals surface area contributed by atoms with E-state index in [1.165, 1.54) is 0 Å². The summed E-state index contributed by atoms with van der Waals surface area (Å²) in [5, 5.41) is 3.13. The molecule has 2 unspecified atom stereocenters. The molecule has 1 heterocycles. The van der Waals surface area contributed by atoms with Crippen LogP contribution >= 0.6 is 0 Å². The zero-order valence-electron chi connectivity index (χ0n) is 14.7. The van der Waals surface area contributed by atoms with Crippen LogP contribution in [0.3, 0.4) is 0 Å². The molecule has 21 heavy (non-hydrogen) atoms. The highest BCUT2D eigenvalue weighted by molar-refractivity contribution is 5.82. The zero-order chi connectivity index (χ0) is 16.4. The van der Waals surface area contributed by atoms with Gasteiger partial charge in [-0.3, -0.25) is 9.59 Å². The van der Waals surface area contributed by atoms with Crippen LogP contribution in [-0.2, 0) is 9.59 Å². The quantitative estimate of drug-likeness (QED) is 0.870. The number of amides is 2. The van der Waals surface area contributed by atoms with Gasteiger partial charge < -0.3 is 10.2 Å². The van der Waals surface area contributed by atoms with Gasteiger partial charge >= 0.3 is 0 Å². The number of nitrogens with zero attached hydrogens (tertiary/aromatic N) is 1. The smallest absolute Gasteiger partial charge is 0.225 e. The van der Waals surface area contributed by atoms with Crippen molar-refractivity contribution in [3.8, 4) is 0 Å². The molecule has 1 aliphatic rings. The monoisotopic (exact) mass is 296 g/mol. The van der Waals surface area contributed by atoms with E-state index in [1.807, 2.05) is 39.5 Å². The fourth-order valence-electron chi connectivity index (χ4n) is 2.67. The summed E-state index contributed by atoms with van der Waals surface area (Å²) < 4.78 is 0. The first-order chi connectivity index (χ1) is 9.52. The van der Waals surface area contributed by atoms with Gasteiger partial charge in [0.2, 0.25) is 11.8 Å². The van der Waals surface area contributed by atoms with Crippen LogP contribution in [0.2, 0.25) is 0 Å². The largest absolute Gasteiger partial charge is 0.351 e. The maximum Gasteiger partial charge on any atom is 0.225 e. The lowest BCUT2D eigenvalue weighted by Crippen LogP contribution is -2.55. The molecule has 1 rings (SSSR count). The van der Waals surface area contributed by atoms with E-state index in [0.29, 0.717) is 18.4 Å². The minimum Gasteiger partial charge on any atom is -0.351 e. The second kappa shape index (κ2) is 6.80. The van der Waals surface area contributed by atoms with Crippen molar-refractivity contribution < 1.29 is 9.59 Å². The van der Waals surface area contributed by atoms with E-state index in [9.17, 15) is 9.59 Å². The summed E-state index contributed by atoms with van der Waals surface area (Å²) in [5.41, 5.74) is -0.391. The Morgan fingerprint density at radius 3 is 2.10 bits per heavy atom. The Morgan fingerprint density at radius 1 is 1.10 bits per heavy atom. The number of nitrogens with one attached hydrogen (secondary N) is 1. The predicted molar refractivity (Wildman–Crippen MR) is 85.7 cm³/mol. The highest BCUT2D eigenvalue weighted by atomic mass is 16.2. The molecular weight excluding hydrogens is 264 g/mol. The van der Waals surface area contributed by atoms with Crippen LogP contribution in [0.4, 0.5) is 0 Å². The summed E-state index contributed by atoms with van der Waals surface area (Å²) >= 11 is 0. The number of carbonyl (C=O) groups excluding carboxylic acids is 2. The molecule has 0 aromatic heterocycles. The van der Waals surface area contributed by atoms with E-state index in [1.54, 1.807) is 0 Å². The Bertz CT molecular complexity index is 383. The maximum atomic E-state index is 12.3. The zero-order valence-corrected chi connectivity index (χ0v) is 14.7. The maximum absolute atomic E-state index is 12.3. The lowest BCUT2D eigenvalue weighted by Gasteiger charge is -2.41. The molecule has 0 bridgehead atoms. The molecule has 1 N–H and O–H groups in total. The SMILES string of the molecule is CC(C)C(=O)N1CC(NC(=O)C(C)(C)C)CC(C(C)C)C1. The molecule has 0 aromatic rings. The third-order valence-corrected chi connectivity index (χ3v) is 4.25. The van der Waals surface area contributed by atoms with Crippen molar-refractivity contribution in [3.63, 3.8) is 0 Å². The fourth-order valence-corrected chi connectivity index (χ4v) is 2.67. The predicted octanol–water partition coefficient (Wildman–Crippen LogP) is 2.68. The number of hydrogen-bond donors (Lipinski definition) is 1. The Balaban J connectivity index is 2.80. The van der Waals surface area contributed by atoms with Crippen LogP contribution in [-0.4, -0.2) is 35.8 Å². The second-order valence-electron chi connectivity index (χ2n) is 8.06. The Morgan fingerprint density at radius 2 is 1.67 bits per heavy atom. The number of piperidine rings is 1. The van der Waals surface area contributed by atoms with E-state index in [0.717, 1.165) is 13.0 Å². The van der Waals surface area contributed by atoms with Crippen LogP contribution in [0.1, 0.15) is 54.9 Å². The normalized spacial score (nSPS) is 23.6. The van der Waals surface area contributed by atoms with Gasteiger partial charge in [-0.25, -0.2) is 0 Å². The van der Waals surface area contributed by atoms with E-state index in [4.69, 9.17) is 0 Å². The van der Waals surface area contributed by atoms with E-state index in [-0.39, 0.29) is 23.8 Å². The Labute approximate surface area is 129 Å². The first-order valence-electron chi connectivity index (χ1n) is 8.12. The van der Waals surface area contributed by atoms with Crippen LogP contribution in [0, 0.1) is 23.2 Å². The van der Waals surface area contributed by atoms with E-state index >= 15 is 0 Å². The molecule has 1 aliphatic heterocycles. The van der Waals surface area contributed by atoms with Gasteiger partial charge in [0.1, 0.15) is 0 Å². The molecule has 1 saturated heterocycles. The van der Waals surface area contributed by atoms with Gasteiger partial charge in [0.05, 0.1) is 0 Å². The standard InChI is InChI=1S/C17H32N2O2/c1-11(2)13-8-14(18-16(21)17(5,6)7)10-19(9-13)15(20)12(3)4/h11-14H,8-10H2,1-7H3,(H,18,21). The minimum atomic E-state index is -0.391. The molecule has 0 aromatic carbocycles. The topological polar surface area (TPSA) is 49.4 Å². The molecule has 2 atom stereocenters. The molecule has 0 aliphatic carbocycles. The summed E-state index contributed by atoms with van der Waals surface area (Å²) in [6.45, 7) is 15.5. The van der Waals surface area contributed by atoms with Gasteiger partial charge in [-0.2, -0.15) is 0 Å². The number of rotatable bonds is 3. The number of hydrogen-bond acceptors (Lipinski definition) is 2. The highest BCUT2D eigenvalue weighted by Gasteiger charge is 2.34. The third-order valence-electron chi connectivity index (χ3n) is 4.25. The molecular formula is C17H32N2O2. The average molecular weight is 296 g/mol. The van der Waals surface area contributed by atoms with E-state index < -0.39 is 5.41 Å². The molecule has 2 amide bonds. The third kappa shape index (κ3) is 5.01. The minimum absolute atomic E-state index is 0.00915. The van der Waals surface area contributed by atoms with Crippen molar-refractivity contribution in [3.05, 3.63) is 0 Å². The number of likely N-dealkylation sites (tertiary alicyclic amines) is 1. The van der Waals surface area contributed by atoms with Crippen molar-refractivity contribution in [2.24, 2.45) is 23.2 Å². The van der Waals surface area contributed by atoms with Crippen LogP contribution in [0.25, 0.3) is 0 Å². The highest BCUT2D eigenvalue weighted by Crippen LogP contribution is 2.26. The average Bonchev–Trinajstić information content (AvgIpc) is 2.36. The van der Waals surface area contributed by atoms with Gasteiger partial charge in [-0.15, -0.1) is 0 Å². The van der Waals surface area contributed by atoms with Crippen molar-refractivity contribution in [1.82, 2.24) is 10.2 Å². The van der Waals surface area contributed by atoms with Gasteiger partial charge in [0, 0.05) is 30.5 Å². The van der Waals surface area contributed by atoms with Gasteiger partial charge in [-0.05, 0) is 18.3 Å². The Kier molecular flexibility index (Phi) is 5.83. The first-order valence-corrected chi connectivity index (χ1v) is 8.12. The fraction of sp³-hybridized carbons (Fsp3) is 0.882.